The second-order valence-electron chi connectivity index (χ2n) is 9.19. The van der Waals surface area contributed by atoms with Crippen molar-refractivity contribution in [3.05, 3.63) is 60.1 Å². The Morgan fingerprint density at radius 3 is 2.70 bits per heavy atom. The highest BCUT2D eigenvalue weighted by molar-refractivity contribution is 14.1. The zero-order chi connectivity index (χ0) is 26.5. The Balaban J connectivity index is 1.69. The lowest BCUT2D eigenvalue weighted by atomic mass is 9.88. The first-order valence-corrected chi connectivity index (χ1v) is 14.1. The number of rotatable bonds is 8. The molecule has 37 heavy (non-hydrogen) atoms. The van der Waals surface area contributed by atoms with Gasteiger partial charge in [0.2, 0.25) is 0 Å². The summed E-state index contributed by atoms with van der Waals surface area (Å²) in [6.07, 6.45) is 6.81. The first-order valence-electron chi connectivity index (χ1n) is 12.2. The van der Waals surface area contributed by atoms with Crippen molar-refractivity contribution in [3.8, 4) is 11.5 Å². The van der Waals surface area contributed by atoms with E-state index in [-0.39, 0.29) is 24.2 Å². The SMILES string of the molecule is COc1cc(C=Nn2c(C3CCCCC3)nc3ccc(Br)cc3c2=O)cc(I)c1OCC(=O)OC(C)C. The predicted octanol–water partition coefficient (Wildman–Crippen LogP) is 6.03. The number of carbonyl (C=O) groups excluding carboxylic acids is 1. The number of nitrogens with zero attached hydrogens (tertiary/aromatic N) is 3. The van der Waals surface area contributed by atoms with Crippen molar-refractivity contribution in [3.63, 3.8) is 0 Å². The maximum atomic E-state index is 13.5. The molecule has 0 unspecified atom stereocenters. The number of esters is 1. The van der Waals surface area contributed by atoms with Crippen LogP contribution in [0, 0.1) is 3.57 Å². The van der Waals surface area contributed by atoms with E-state index in [0.717, 1.165) is 33.7 Å². The van der Waals surface area contributed by atoms with Crippen LogP contribution in [0.2, 0.25) is 0 Å². The lowest BCUT2D eigenvalue weighted by Crippen LogP contribution is -2.25. The van der Waals surface area contributed by atoms with Gasteiger partial charge in [0.05, 0.1) is 33.9 Å². The molecule has 0 saturated heterocycles. The van der Waals surface area contributed by atoms with Gasteiger partial charge in [0, 0.05) is 10.4 Å². The Hall–Kier alpha value is -2.47. The van der Waals surface area contributed by atoms with Gasteiger partial charge in [0.25, 0.3) is 5.56 Å². The number of ether oxygens (including phenoxy) is 3. The number of fused-ring (bicyclic) bond motifs is 1. The molecule has 0 aliphatic heterocycles. The van der Waals surface area contributed by atoms with Crippen LogP contribution in [0.3, 0.4) is 0 Å². The topological polar surface area (TPSA) is 92.0 Å². The van der Waals surface area contributed by atoms with Gasteiger partial charge < -0.3 is 14.2 Å². The smallest absolute Gasteiger partial charge is 0.344 e. The largest absolute Gasteiger partial charge is 0.493 e. The van der Waals surface area contributed by atoms with Crippen molar-refractivity contribution in [2.75, 3.05) is 13.7 Å². The van der Waals surface area contributed by atoms with Crippen LogP contribution in [0.5, 0.6) is 11.5 Å². The normalized spacial score (nSPS) is 14.4. The van der Waals surface area contributed by atoms with Crippen LogP contribution in [-0.2, 0) is 9.53 Å². The quantitative estimate of drug-likeness (QED) is 0.164. The lowest BCUT2D eigenvalue weighted by Gasteiger charge is -2.22. The summed E-state index contributed by atoms with van der Waals surface area (Å²) in [4.78, 5) is 30.3. The van der Waals surface area contributed by atoms with Crippen molar-refractivity contribution < 1.29 is 19.0 Å². The summed E-state index contributed by atoms with van der Waals surface area (Å²) in [5, 5.41) is 5.12. The summed E-state index contributed by atoms with van der Waals surface area (Å²) in [6, 6.07) is 9.15. The van der Waals surface area contributed by atoms with Gasteiger partial charge in [-0.1, -0.05) is 35.2 Å². The Kier molecular flexibility index (Phi) is 9.22. The average molecular weight is 682 g/mol. The Morgan fingerprint density at radius 2 is 2.00 bits per heavy atom. The van der Waals surface area contributed by atoms with Gasteiger partial charge in [-0.2, -0.15) is 9.78 Å². The molecule has 0 bridgehead atoms. The van der Waals surface area contributed by atoms with Crippen molar-refractivity contribution in [1.82, 2.24) is 9.66 Å². The summed E-state index contributed by atoms with van der Waals surface area (Å²) in [7, 11) is 1.53. The highest BCUT2D eigenvalue weighted by Crippen LogP contribution is 2.34. The fourth-order valence-electron chi connectivity index (χ4n) is 4.41. The number of aromatic nitrogens is 2. The third-order valence-corrected chi connectivity index (χ3v) is 7.37. The fraction of sp³-hybridized carbons (Fsp3) is 0.407. The van der Waals surface area contributed by atoms with E-state index in [1.54, 1.807) is 32.2 Å². The van der Waals surface area contributed by atoms with Gasteiger partial charge in [-0.3, -0.25) is 4.79 Å². The summed E-state index contributed by atoms with van der Waals surface area (Å²) in [5.74, 6) is 1.32. The summed E-state index contributed by atoms with van der Waals surface area (Å²) in [5.41, 5.74) is 1.19. The number of carbonyl (C=O) groups is 1. The van der Waals surface area contributed by atoms with Gasteiger partial charge in [0.15, 0.2) is 18.1 Å². The molecule has 3 aromatic rings. The highest BCUT2D eigenvalue weighted by Gasteiger charge is 2.23. The second-order valence-corrected chi connectivity index (χ2v) is 11.3. The van der Waals surface area contributed by atoms with E-state index in [9.17, 15) is 9.59 Å². The van der Waals surface area contributed by atoms with Crippen molar-refractivity contribution in [1.29, 1.82) is 0 Å². The summed E-state index contributed by atoms with van der Waals surface area (Å²) in [6.45, 7) is 3.34. The molecule has 1 aliphatic rings. The minimum atomic E-state index is -0.455. The molecular formula is C27H29BrIN3O5. The van der Waals surface area contributed by atoms with Crippen LogP contribution in [-0.4, -0.2) is 41.7 Å². The van der Waals surface area contributed by atoms with Gasteiger partial charge in [-0.15, -0.1) is 0 Å². The molecule has 0 spiro atoms. The second kappa shape index (κ2) is 12.4. The molecule has 1 fully saturated rings. The Bertz CT molecular complexity index is 1380. The van der Waals surface area contributed by atoms with E-state index >= 15 is 0 Å². The Morgan fingerprint density at radius 1 is 1.24 bits per heavy atom. The molecule has 0 amide bonds. The van der Waals surface area contributed by atoms with Gasteiger partial charge in [-0.05, 0) is 85.2 Å². The molecule has 1 aliphatic carbocycles. The van der Waals surface area contributed by atoms with Crippen LogP contribution in [0.15, 0.2) is 44.7 Å². The molecule has 0 N–H and O–H groups in total. The van der Waals surface area contributed by atoms with Crippen molar-refractivity contribution in [2.45, 2.75) is 58.0 Å². The predicted molar refractivity (Wildman–Crippen MR) is 155 cm³/mol. The molecule has 1 heterocycles. The van der Waals surface area contributed by atoms with Gasteiger partial charge >= 0.3 is 5.97 Å². The van der Waals surface area contributed by atoms with E-state index in [2.05, 4.69) is 43.6 Å². The van der Waals surface area contributed by atoms with E-state index in [0.29, 0.717) is 33.8 Å². The number of benzene rings is 2. The summed E-state index contributed by atoms with van der Waals surface area (Å²) >= 11 is 5.58. The molecule has 4 rings (SSSR count). The molecule has 0 radical (unpaired) electrons. The van der Waals surface area contributed by atoms with E-state index in [1.807, 2.05) is 18.2 Å². The highest BCUT2D eigenvalue weighted by atomic mass is 127. The monoisotopic (exact) mass is 681 g/mol. The zero-order valence-electron chi connectivity index (χ0n) is 21.0. The van der Waals surface area contributed by atoms with Crippen molar-refractivity contribution >= 4 is 61.6 Å². The molecular weight excluding hydrogens is 653 g/mol. The van der Waals surface area contributed by atoms with Gasteiger partial charge in [0.1, 0.15) is 5.82 Å². The molecule has 2 aromatic carbocycles. The maximum Gasteiger partial charge on any atom is 0.344 e. The van der Waals surface area contributed by atoms with Crippen molar-refractivity contribution in [2.24, 2.45) is 5.10 Å². The number of halogens is 2. The number of hydrogen-bond acceptors (Lipinski definition) is 7. The van der Waals surface area contributed by atoms with E-state index in [4.69, 9.17) is 19.2 Å². The van der Waals surface area contributed by atoms with Crippen LogP contribution in [0.4, 0.5) is 0 Å². The van der Waals surface area contributed by atoms with E-state index < -0.39 is 5.97 Å². The lowest BCUT2D eigenvalue weighted by molar-refractivity contribution is -0.149. The Labute approximate surface area is 237 Å². The van der Waals surface area contributed by atoms with Gasteiger partial charge in [-0.25, -0.2) is 9.78 Å². The number of methoxy groups -OCH3 is 1. The summed E-state index contributed by atoms with van der Waals surface area (Å²) < 4.78 is 19.3. The van der Waals surface area contributed by atoms with Crippen LogP contribution in [0.25, 0.3) is 10.9 Å². The fourth-order valence-corrected chi connectivity index (χ4v) is 5.55. The molecule has 196 valence electrons. The molecule has 1 aromatic heterocycles. The van der Waals surface area contributed by atoms with E-state index in [1.165, 1.54) is 18.2 Å². The van der Waals surface area contributed by atoms with Crippen LogP contribution in [0.1, 0.15) is 63.3 Å². The molecule has 10 heteroatoms. The third kappa shape index (κ3) is 6.70. The molecule has 1 saturated carbocycles. The minimum absolute atomic E-state index is 0.183. The first kappa shape index (κ1) is 27.6. The molecule has 8 nitrogen and oxygen atoms in total. The average Bonchev–Trinajstić information content (AvgIpc) is 2.87. The minimum Gasteiger partial charge on any atom is -0.493 e. The first-order chi connectivity index (χ1) is 17.8. The molecule has 0 atom stereocenters. The van der Waals surface area contributed by atoms with Crippen LogP contribution < -0.4 is 15.0 Å². The number of hydrogen-bond donors (Lipinski definition) is 0. The maximum absolute atomic E-state index is 13.5. The third-order valence-electron chi connectivity index (χ3n) is 6.08. The standard InChI is InChI=1S/C27H29BrIN3O5/c1-16(2)37-24(33)15-36-25-21(29)11-17(12-23(25)35-3)14-30-32-26(18-7-5-4-6-8-18)31-22-10-9-19(28)13-20(22)27(32)34/h9-14,16,18H,4-8,15H2,1-3H3. The van der Waals surface area contributed by atoms with Crippen LogP contribution >= 0.6 is 38.5 Å². The zero-order valence-corrected chi connectivity index (χ0v) is 24.7.